The fourth-order valence-electron chi connectivity index (χ4n) is 2.03. The molecule has 0 spiro atoms. The van der Waals surface area contributed by atoms with Crippen LogP contribution in [0.1, 0.15) is 39.5 Å². The molecule has 0 N–H and O–H groups in total. The maximum atomic E-state index is 10.2. The molecule has 1 atom stereocenters. The van der Waals surface area contributed by atoms with Crippen LogP contribution in [0.4, 0.5) is 0 Å². The summed E-state index contributed by atoms with van der Waals surface area (Å²) in [6.45, 7) is 5.62. The molecule has 0 bridgehead atoms. The first-order valence-corrected chi connectivity index (χ1v) is 5.46. The summed E-state index contributed by atoms with van der Waals surface area (Å²) in [5.41, 5.74) is 0. The maximum Gasteiger partial charge on any atom is 0.170 e. The third-order valence-corrected chi connectivity index (χ3v) is 2.98. The topological polar surface area (TPSA) is 35.5 Å². The first-order chi connectivity index (χ1) is 6.75. The number of ether oxygens (including phenoxy) is 2. The Bertz CT molecular complexity index is 173. The molecule has 3 heteroatoms. The van der Waals surface area contributed by atoms with Crippen LogP contribution in [0.3, 0.4) is 0 Å². The van der Waals surface area contributed by atoms with E-state index in [1.165, 1.54) is 0 Å². The van der Waals surface area contributed by atoms with Crippen molar-refractivity contribution in [3.8, 4) is 0 Å². The van der Waals surface area contributed by atoms with Crippen molar-refractivity contribution >= 4 is 6.29 Å². The Balaban J connectivity index is 2.39. The van der Waals surface area contributed by atoms with Gasteiger partial charge in [0.05, 0.1) is 13.2 Å². The monoisotopic (exact) mass is 200 g/mol. The molecule has 1 aliphatic heterocycles. The number of unbranched alkanes of at least 4 members (excludes halogenated alkanes) is 1. The van der Waals surface area contributed by atoms with Crippen molar-refractivity contribution < 1.29 is 14.3 Å². The lowest BCUT2D eigenvalue weighted by atomic mass is 9.92. The minimum Gasteiger partial charge on any atom is -0.347 e. The van der Waals surface area contributed by atoms with Crippen LogP contribution in [-0.4, -0.2) is 25.3 Å². The number of hydrogen-bond acceptors (Lipinski definition) is 3. The van der Waals surface area contributed by atoms with Crippen molar-refractivity contribution in [2.75, 3.05) is 13.2 Å². The van der Waals surface area contributed by atoms with E-state index in [0.29, 0.717) is 25.6 Å². The Morgan fingerprint density at radius 3 is 2.57 bits per heavy atom. The summed E-state index contributed by atoms with van der Waals surface area (Å²) in [5.74, 6) is -0.00181. The van der Waals surface area contributed by atoms with Gasteiger partial charge in [0.25, 0.3) is 0 Å². The fraction of sp³-hybridized carbons (Fsp3) is 0.909. The molecule has 0 aromatic rings. The highest BCUT2D eigenvalue weighted by molar-refractivity contribution is 5.48. The van der Waals surface area contributed by atoms with Gasteiger partial charge in [0.1, 0.15) is 6.29 Å². The zero-order valence-electron chi connectivity index (χ0n) is 9.12. The summed E-state index contributed by atoms with van der Waals surface area (Å²) in [5, 5.41) is 0. The minimum absolute atomic E-state index is 0.370. The molecule has 0 aromatic carbocycles. The molecule has 14 heavy (non-hydrogen) atoms. The van der Waals surface area contributed by atoms with Gasteiger partial charge < -0.3 is 14.3 Å². The van der Waals surface area contributed by atoms with Gasteiger partial charge in [-0.2, -0.15) is 0 Å². The molecule has 0 aliphatic carbocycles. The van der Waals surface area contributed by atoms with Crippen molar-refractivity contribution in [2.24, 2.45) is 5.92 Å². The van der Waals surface area contributed by atoms with E-state index in [4.69, 9.17) is 9.47 Å². The van der Waals surface area contributed by atoms with E-state index in [1.54, 1.807) is 0 Å². The van der Waals surface area contributed by atoms with Gasteiger partial charge in [-0.05, 0) is 19.3 Å². The summed E-state index contributed by atoms with van der Waals surface area (Å²) < 4.78 is 11.3. The standard InChI is InChI=1S/C11H20O3/c1-3-11(13-8-9-14-11)10(2)6-4-5-7-12/h7,10H,3-6,8-9H2,1-2H3. The Morgan fingerprint density at radius 2 is 2.07 bits per heavy atom. The van der Waals surface area contributed by atoms with E-state index < -0.39 is 0 Å². The molecule has 0 aromatic heterocycles. The number of rotatable bonds is 6. The lowest BCUT2D eigenvalue weighted by Gasteiger charge is -2.32. The molecule has 1 heterocycles. The molecule has 3 nitrogen and oxygen atoms in total. The van der Waals surface area contributed by atoms with Gasteiger partial charge in [-0.15, -0.1) is 0 Å². The number of carbonyl (C=O) groups excluding carboxylic acids is 1. The number of aldehydes is 1. The van der Waals surface area contributed by atoms with E-state index in [0.717, 1.165) is 25.5 Å². The fourth-order valence-corrected chi connectivity index (χ4v) is 2.03. The average Bonchev–Trinajstić information content (AvgIpc) is 2.67. The van der Waals surface area contributed by atoms with Crippen LogP contribution >= 0.6 is 0 Å². The quantitative estimate of drug-likeness (QED) is 0.487. The Labute approximate surface area is 85.8 Å². The van der Waals surface area contributed by atoms with Crippen molar-refractivity contribution in [1.29, 1.82) is 0 Å². The molecule has 0 radical (unpaired) electrons. The van der Waals surface area contributed by atoms with Crippen molar-refractivity contribution in [3.63, 3.8) is 0 Å². The second kappa shape index (κ2) is 5.47. The Kier molecular flexibility index (Phi) is 4.55. The van der Waals surface area contributed by atoms with Crippen molar-refractivity contribution in [3.05, 3.63) is 0 Å². The highest BCUT2D eigenvalue weighted by Gasteiger charge is 2.39. The Morgan fingerprint density at radius 1 is 1.43 bits per heavy atom. The second-order valence-corrected chi connectivity index (χ2v) is 3.86. The smallest absolute Gasteiger partial charge is 0.170 e. The molecule has 82 valence electrons. The van der Waals surface area contributed by atoms with E-state index in [1.807, 2.05) is 0 Å². The zero-order valence-corrected chi connectivity index (χ0v) is 9.12. The van der Waals surface area contributed by atoms with Crippen molar-refractivity contribution in [2.45, 2.75) is 45.3 Å². The van der Waals surface area contributed by atoms with Gasteiger partial charge in [0, 0.05) is 12.3 Å². The van der Waals surface area contributed by atoms with Gasteiger partial charge in [-0.1, -0.05) is 13.8 Å². The SMILES string of the molecule is CCC1(C(C)CCCC=O)OCCO1. The Hall–Kier alpha value is -0.410. The van der Waals surface area contributed by atoms with E-state index in [9.17, 15) is 4.79 Å². The molecule has 1 unspecified atom stereocenters. The normalized spacial score (nSPS) is 22.1. The molecular weight excluding hydrogens is 180 g/mol. The predicted octanol–water partition coefficient (Wildman–Crippen LogP) is 2.14. The maximum absolute atomic E-state index is 10.2. The highest BCUT2D eigenvalue weighted by Crippen LogP contribution is 2.34. The first kappa shape index (κ1) is 11.7. The van der Waals surface area contributed by atoms with Gasteiger partial charge >= 0.3 is 0 Å². The van der Waals surface area contributed by atoms with E-state index in [2.05, 4.69) is 13.8 Å². The first-order valence-electron chi connectivity index (χ1n) is 5.46. The summed E-state index contributed by atoms with van der Waals surface area (Å²) in [6, 6.07) is 0. The van der Waals surface area contributed by atoms with Crippen molar-refractivity contribution in [1.82, 2.24) is 0 Å². The van der Waals surface area contributed by atoms with Crippen LogP contribution in [0.25, 0.3) is 0 Å². The molecule has 0 amide bonds. The van der Waals surface area contributed by atoms with Crippen LogP contribution in [-0.2, 0) is 14.3 Å². The molecule has 1 saturated heterocycles. The van der Waals surface area contributed by atoms with Crippen LogP contribution < -0.4 is 0 Å². The minimum atomic E-state index is -0.372. The number of carbonyl (C=O) groups is 1. The van der Waals surface area contributed by atoms with Gasteiger partial charge in [-0.25, -0.2) is 0 Å². The third kappa shape index (κ3) is 2.55. The summed E-state index contributed by atoms with van der Waals surface area (Å²) in [4.78, 5) is 10.2. The molecule has 1 rings (SSSR count). The van der Waals surface area contributed by atoms with Gasteiger partial charge in [0.15, 0.2) is 5.79 Å². The molecular formula is C11H20O3. The number of hydrogen-bond donors (Lipinski definition) is 0. The third-order valence-electron chi connectivity index (χ3n) is 2.98. The van der Waals surface area contributed by atoms with E-state index in [-0.39, 0.29) is 5.79 Å². The van der Waals surface area contributed by atoms with Crippen LogP contribution in [0.2, 0.25) is 0 Å². The molecule has 0 saturated carbocycles. The average molecular weight is 200 g/mol. The zero-order chi connectivity index (χ0) is 10.4. The van der Waals surface area contributed by atoms with Crippen LogP contribution in [0.15, 0.2) is 0 Å². The lowest BCUT2D eigenvalue weighted by molar-refractivity contribution is -0.195. The highest BCUT2D eigenvalue weighted by atomic mass is 16.7. The van der Waals surface area contributed by atoms with Crippen LogP contribution in [0.5, 0.6) is 0 Å². The van der Waals surface area contributed by atoms with Gasteiger partial charge in [-0.3, -0.25) is 0 Å². The van der Waals surface area contributed by atoms with E-state index >= 15 is 0 Å². The van der Waals surface area contributed by atoms with Gasteiger partial charge in [0.2, 0.25) is 0 Å². The predicted molar refractivity (Wildman–Crippen MR) is 54.0 cm³/mol. The summed E-state index contributed by atoms with van der Waals surface area (Å²) in [7, 11) is 0. The largest absolute Gasteiger partial charge is 0.347 e. The second-order valence-electron chi connectivity index (χ2n) is 3.86. The summed E-state index contributed by atoms with van der Waals surface area (Å²) >= 11 is 0. The molecule has 1 fully saturated rings. The summed E-state index contributed by atoms with van der Waals surface area (Å²) in [6.07, 6.45) is 4.42. The lowest BCUT2D eigenvalue weighted by Crippen LogP contribution is -2.37. The van der Waals surface area contributed by atoms with Crippen LogP contribution in [0, 0.1) is 5.92 Å². The molecule has 1 aliphatic rings.